The number of unbranched alkanes of at least 4 members (excludes halogenated alkanes) is 19. The maximum absolute atomic E-state index is 10.6. The smallest absolute Gasteiger partial charge is 0.303 e. The van der Waals surface area contributed by atoms with Crippen LogP contribution in [0.15, 0.2) is 0 Å². The summed E-state index contributed by atoms with van der Waals surface area (Å²) in [5.41, 5.74) is 0. The van der Waals surface area contributed by atoms with Gasteiger partial charge in [0.1, 0.15) is 0 Å². The van der Waals surface area contributed by atoms with E-state index in [1.165, 1.54) is 135 Å². The van der Waals surface area contributed by atoms with Crippen molar-refractivity contribution in [3.63, 3.8) is 0 Å². The number of hydrogen-bond donors (Lipinski definition) is 1. The number of hydrogen-bond acceptors (Lipinski definition) is 1. The van der Waals surface area contributed by atoms with Crippen molar-refractivity contribution in [3.8, 4) is 0 Å². The predicted molar refractivity (Wildman–Crippen MR) is 137 cm³/mol. The molecule has 186 valence electrons. The van der Waals surface area contributed by atoms with Gasteiger partial charge in [0.05, 0.1) is 33.6 Å². The largest absolute Gasteiger partial charge is 0.481 e. The molecule has 1 N–H and O–H groups in total. The molecule has 0 aromatic carbocycles. The third kappa shape index (κ3) is 25.6. The van der Waals surface area contributed by atoms with E-state index in [9.17, 15) is 4.79 Å². The molecular weight excluding hydrogens is 382 g/mol. The molecular formula is C28H58NO2+. The first kappa shape index (κ1) is 30.4. The number of carboxylic acid groups (broad SMARTS) is 1. The van der Waals surface area contributed by atoms with E-state index in [1.807, 2.05) is 0 Å². The highest BCUT2D eigenvalue weighted by Crippen LogP contribution is 2.15. The molecule has 0 atom stereocenters. The first-order chi connectivity index (χ1) is 15.0. The summed E-state index contributed by atoms with van der Waals surface area (Å²) in [4.78, 5) is 10.6. The Kier molecular flexibility index (Phi) is 22.2. The Morgan fingerprint density at radius 2 is 0.806 bits per heavy atom. The van der Waals surface area contributed by atoms with Crippen LogP contribution in [0.2, 0.25) is 0 Å². The van der Waals surface area contributed by atoms with Crippen LogP contribution in [0.5, 0.6) is 0 Å². The Balaban J connectivity index is 3.19. The van der Waals surface area contributed by atoms with Gasteiger partial charge in [0.25, 0.3) is 0 Å². The van der Waals surface area contributed by atoms with Crippen LogP contribution < -0.4 is 0 Å². The van der Waals surface area contributed by atoms with E-state index in [0.717, 1.165) is 17.4 Å². The van der Waals surface area contributed by atoms with Crippen molar-refractivity contribution in [3.05, 3.63) is 0 Å². The lowest BCUT2D eigenvalue weighted by atomic mass is 10.0. The van der Waals surface area contributed by atoms with E-state index in [0.29, 0.717) is 6.42 Å². The molecule has 0 aliphatic heterocycles. The summed E-state index contributed by atoms with van der Waals surface area (Å²) in [6.07, 6.45) is 29.6. The minimum absolute atomic E-state index is 0.306. The first-order valence-electron chi connectivity index (χ1n) is 14.0. The zero-order chi connectivity index (χ0) is 23.0. The third-order valence-electron chi connectivity index (χ3n) is 6.77. The summed E-state index contributed by atoms with van der Waals surface area (Å²) in [7, 11) is 4.47. The maximum atomic E-state index is 10.6. The van der Waals surface area contributed by atoms with E-state index in [1.54, 1.807) is 0 Å². The van der Waals surface area contributed by atoms with Crippen LogP contribution in [0.1, 0.15) is 148 Å². The minimum Gasteiger partial charge on any atom is -0.481 e. The van der Waals surface area contributed by atoms with Crippen molar-refractivity contribution < 1.29 is 14.4 Å². The lowest BCUT2D eigenvalue weighted by Gasteiger charge is -2.29. The molecule has 0 aliphatic rings. The number of carboxylic acids is 1. The van der Waals surface area contributed by atoms with Gasteiger partial charge in [-0.15, -0.1) is 0 Å². The summed E-state index contributed by atoms with van der Waals surface area (Å²) in [5.74, 6) is -0.668. The van der Waals surface area contributed by atoms with Gasteiger partial charge in [0, 0.05) is 6.42 Å². The fourth-order valence-electron chi connectivity index (χ4n) is 4.57. The van der Waals surface area contributed by atoms with Gasteiger partial charge in [-0.2, -0.15) is 0 Å². The van der Waals surface area contributed by atoms with Crippen LogP contribution in [-0.4, -0.2) is 42.7 Å². The van der Waals surface area contributed by atoms with E-state index in [4.69, 9.17) is 5.11 Å². The fourth-order valence-corrected chi connectivity index (χ4v) is 4.57. The molecule has 0 bridgehead atoms. The second kappa shape index (κ2) is 22.6. The third-order valence-corrected chi connectivity index (χ3v) is 6.77. The average molecular weight is 441 g/mol. The van der Waals surface area contributed by atoms with Crippen molar-refractivity contribution in [2.45, 2.75) is 148 Å². The minimum atomic E-state index is -0.668. The van der Waals surface area contributed by atoms with Gasteiger partial charge in [-0.05, 0) is 12.8 Å². The fraction of sp³-hybridized carbons (Fsp3) is 0.964. The molecule has 0 aliphatic carbocycles. The Morgan fingerprint density at radius 3 is 1.13 bits per heavy atom. The summed E-state index contributed by atoms with van der Waals surface area (Å²) in [6, 6.07) is 0. The zero-order valence-corrected chi connectivity index (χ0v) is 21.8. The lowest BCUT2D eigenvalue weighted by molar-refractivity contribution is -0.890. The quantitative estimate of drug-likeness (QED) is 0.114. The van der Waals surface area contributed by atoms with E-state index in [-0.39, 0.29) is 0 Å². The molecule has 0 heterocycles. The standard InChI is InChI=1S/C28H57NO2/c1-4-5-6-7-8-9-10-11-12-13-14-15-16-17-18-19-20-21-22-23-26-29(2,3)27-24-25-28(30)31/h4-27H2,1-3H3/p+1. The van der Waals surface area contributed by atoms with Crippen LogP contribution in [0.25, 0.3) is 0 Å². The number of aliphatic carboxylic acids is 1. The second-order valence-corrected chi connectivity index (χ2v) is 10.6. The SMILES string of the molecule is CCCCCCCCCCCCCCCCCCCCCC[N+](C)(C)CCCC(=O)O. The van der Waals surface area contributed by atoms with E-state index in [2.05, 4.69) is 21.0 Å². The van der Waals surface area contributed by atoms with Gasteiger partial charge in [-0.1, -0.05) is 122 Å². The summed E-state index contributed by atoms with van der Waals surface area (Å²) in [5, 5.41) is 8.75. The second-order valence-electron chi connectivity index (χ2n) is 10.6. The molecule has 0 radical (unpaired) electrons. The highest BCUT2D eigenvalue weighted by atomic mass is 16.4. The van der Waals surface area contributed by atoms with Gasteiger partial charge in [0.15, 0.2) is 0 Å². The Bertz CT molecular complexity index is 381. The molecule has 0 amide bonds. The first-order valence-corrected chi connectivity index (χ1v) is 14.0. The summed E-state index contributed by atoms with van der Waals surface area (Å²) >= 11 is 0. The molecule has 3 heteroatoms. The zero-order valence-electron chi connectivity index (χ0n) is 21.8. The molecule has 0 saturated heterocycles. The monoisotopic (exact) mass is 440 g/mol. The Morgan fingerprint density at radius 1 is 0.516 bits per heavy atom. The highest BCUT2D eigenvalue weighted by Gasteiger charge is 2.14. The maximum Gasteiger partial charge on any atom is 0.303 e. The lowest BCUT2D eigenvalue weighted by Crippen LogP contribution is -2.41. The predicted octanol–water partition coefficient (Wildman–Crippen LogP) is 8.75. The number of quaternary nitrogens is 1. The Labute approximate surface area is 196 Å². The number of nitrogens with zero attached hydrogens (tertiary/aromatic N) is 1. The molecule has 0 fully saturated rings. The van der Waals surface area contributed by atoms with Crippen molar-refractivity contribution in [1.29, 1.82) is 0 Å². The molecule has 0 spiro atoms. The average Bonchev–Trinajstić information content (AvgIpc) is 2.72. The molecule has 0 saturated carbocycles. The van der Waals surface area contributed by atoms with Crippen molar-refractivity contribution in [2.75, 3.05) is 27.2 Å². The molecule has 31 heavy (non-hydrogen) atoms. The normalized spacial score (nSPS) is 11.8. The molecule has 3 nitrogen and oxygen atoms in total. The summed E-state index contributed by atoms with van der Waals surface area (Å²) in [6.45, 7) is 4.45. The van der Waals surface area contributed by atoms with Crippen molar-refractivity contribution in [1.82, 2.24) is 0 Å². The van der Waals surface area contributed by atoms with Gasteiger partial charge in [-0.25, -0.2) is 0 Å². The van der Waals surface area contributed by atoms with Crippen molar-refractivity contribution in [2.24, 2.45) is 0 Å². The summed E-state index contributed by atoms with van der Waals surface area (Å²) < 4.78 is 0.965. The van der Waals surface area contributed by atoms with Gasteiger partial charge in [-0.3, -0.25) is 4.79 Å². The van der Waals surface area contributed by atoms with Crippen LogP contribution in [0.4, 0.5) is 0 Å². The highest BCUT2D eigenvalue weighted by molar-refractivity contribution is 5.66. The van der Waals surface area contributed by atoms with Crippen LogP contribution in [0, 0.1) is 0 Å². The van der Waals surface area contributed by atoms with Gasteiger partial charge in [0.2, 0.25) is 0 Å². The molecule has 0 rings (SSSR count). The van der Waals surface area contributed by atoms with Gasteiger partial charge >= 0.3 is 5.97 Å². The molecule has 0 aromatic heterocycles. The number of carbonyl (C=O) groups is 1. The van der Waals surface area contributed by atoms with E-state index < -0.39 is 5.97 Å². The molecule has 0 aromatic rings. The van der Waals surface area contributed by atoms with Crippen molar-refractivity contribution >= 4 is 5.97 Å². The van der Waals surface area contributed by atoms with E-state index >= 15 is 0 Å². The van der Waals surface area contributed by atoms with Crippen LogP contribution >= 0.6 is 0 Å². The topological polar surface area (TPSA) is 37.3 Å². The Hall–Kier alpha value is -0.570. The van der Waals surface area contributed by atoms with Crippen LogP contribution in [-0.2, 0) is 4.79 Å². The molecule has 0 unspecified atom stereocenters. The number of rotatable bonds is 25. The van der Waals surface area contributed by atoms with Gasteiger partial charge < -0.3 is 9.59 Å². The van der Waals surface area contributed by atoms with Crippen LogP contribution in [0.3, 0.4) is 0 Å².